The minimum absolute atomic E-state index is 0.117. The molecule has 0 spiro atoms. The molecule has 1 rings (SSSR count). The molecule has 1 N–H and O–H groups in total. The average molecular weight is 340 g/mol. The molecule has 0 saturated heterocycles. The highest BCUT2D eigenvalue weighted by Gasteiger charge is 2.19. The van der Waals surface area contributed by atoms with Crippen molar-refractivity contribution in [3.05, 3.63) is 28.5 Å². The zero-order valence-electron chi connectivity index (χ0n) is 9.44. The summed E-state index contributed by atoms with van der Waals surface area (Å²) in [5.74, 6) is -1.41. The summed E-state index contributed by atoms with van der Waals surface area (Å²) in [5.41, 5.74) is 0. The highest BCUT2D eigenvalue weighted by molar-refractivity contribution is 9.10. The van der Waals surface area contributed by atoms with E-state index in [4.69, 9.17) is 0 Å². The number of hydrogen-bond acceptors (Lipinski definition) is 4. The van der Waals surface area contributed by atoms with Gasteiger partial charge in [-0.3, -0.25) is 4.79 Å². The van der Waals surface area contributed by atoms with Crippen molar-refractivity contribution in [2.45, 2.75) is 11.3 Å². The summed E-state index contributed by atoms with van der Waals surface area (Å²) < 4.78 is 43.8. The molecule has 0 aliphatic rings. The molecule has 0 heterocycles. The molecule has 0 saturated carbocycles. The highest BCUT2D eigenvalue weighted by atomic mass is 79.9. The van der Waals surface area contributed by atoms with Crippen molar-refractivity contribution in [1.82, 2.24) is 4.72 Å². The molecular weight excluding hydrogens is 329 g/mol. The van der Waals surface area contributed by atoms with Crippen molar-refractivity contribution < 1.29 is 22.3 Å². The van der Waals surface area contributed by atoms with Crippen LogP contribution in [0.3, 0.4) is 0 Å². The van der Waals surface area contributed by atoms with Gasteiger partial charge in [-0.1, -0.05) is 15.9 Å². The van der Waals surface area contributed by atoms with E-state index >= 15 is 0 Å². The van der Waals surface area contributed by atoms with Crippen LogP contribution in [0.1, 0.15) is 6.42 Å². The molecule has 5 nitrogen and oxygen atoms in total. The molecule has 0 atom stereocenters. The Kier molecular flexibility index (Phi) is 5.24. The van der Waals surface area contributed by atoms with E-state index in [2.05, 4.69) is 25.4 Å². The Bertz CT molecular complexity index is 547. The third kappa shape index (κ3) is 4.04. The van der Waals surface area contributed by atoms with Crippen LogP contribution in [0, 0.1) is 5.82 Å². The van der Waals surface area contributed by atoms with Gasteiger partial charge in [-0.15, -0.1) is 0 Å². The lowest BCUT2D eigenvalue weighted by Crippen LogP contribution is -2.27. The van der Waals surface area contributed by atoms with Gasteiger partial charge in [0.05, 0.1) is 13.5 Å². The van der Waals surface area contributed by atoms with E-state index in [1.165, 1.54) is 13.2 Å². The topological polar surface area (TPSA) is 72.5 Å². The molecule has 18 heavy (non-hydrogen) atoms. The van der Waals surface area contributed by atoms with Crippen molar-refractivity contribution in [3.8, 4) is 0 Å². The Labute approximate surface area is 113 Å². The summed E-state index contributed by atoms with van der Waals surface area (Å²) in [6.07, 6.45) is -0.117. The number of esters is 1. The predicted octanol–water partition coefficient (Wildman–Crippen LogP) is 1.43. The van der Waals surface area contributed by atoms with Crippen LogP contribution in [0.15, 0.2) is 27.6 Å². The SMILES string of the molecule is COC(=O)CCNS(=O)(=O)c1ccc(Br)cc1F. The summed E-state index contributed by atoms with van der Waals surface area (Å²) in [6, 6.07) is 3.60. The number of benzene rings is 1. The zero-order chi connectivity index (χ0) is 13.8. The van der Waals surface area contributed by atoms with Gasteiger partial charge in [-0.2, -0.15) is 0 Å². The maximum Gasteiger partial charge on any atom is 0.306 e. The van der Waals surface area contributed by atoms with Crippen molar-refractivity contribution in [1.29, 1.82) is 0 Å². The van der Waals surface area contributed by atoms with E-state index < -0.39 is 26.7 Å². The predicted molar refractivity (Wildman–Crippen MR) is 65.9 cm³/mol. The lowest BCUT2D eigenvalue weighted by molar-refractivity contribution is -0.140. The fourth-order valence-electron chi connectivity index (χ4n) is 1.16. The quantitative estimate of drug-likeness (QED) is 0.823. The zero-order valence-corrected chi connectivity index (χ0v) is 11.8. The normalized spacial score (nSPS) is 11.3. The van der Waals surface area contributed by atoms with E-state index in [-0.39, 0.29) is 13.0 Å². The standard InChI is InChI=1S/C10H11BrFNO4S/c1-17-10(14)4-5-13-18(15,16)9-3-2-7(11)6-8(9)12/h2-3,6,13H,4-5H2,1H3. The lowest BCUT2D eigenvalue weighted by Gasteiger charge is -2.07. The van der Waals surface area contributed by atoms with Gasteiger partial charge in [0.2, 0.25) is 10.0 Å². The Morgan fingerprint density at radius 2 is 2.17 bits per heavy atom. The fourth-order valence-corrected chi connectivity index (χ4v) is 2.58. The molecular formula is C10H11BrFNO4S. The second-order valence-corrected chi connectivity index (χ2v) is 5.95. The number of sulfonamides is 1. The van der Waals surface area contributed by atoms with Crippen LogP contribution in [0.5, 0.6) is 0 Å². The Morgan fingerprint density at radius 3 is 2.72 bits per heavy atom. The first-order valence-electron chi connectivity index (χ1n) is 4.88. The van der Waals surface area contributed by atoms with Crippen LogP contribution < -0.4 is 4.72 Å². The molecule has 0 bridgehead atoms. The van der Waals surface area contributed by atoms with Crippen molar-refractivity contribution in [2.75, 3.05) is 13.7 Å². The average Bonchev–Trinajstić information content (AvgIpc) is 2.27. The van der Waals surface area contributed by atoms with Crippen molar-refractivity contribution in [2.24, 2.45) is 0 Å². The maximum absolute atomic E-state index is 13.5. The molecule has 8 heteroatoms. The van der Waals surface area contributed by atoms with Crippen molar-refractivity contribution >= 4 is 31.9 Å². The van der Waals surface area contributed by atoms with Gasteiger partial charge in [0.25, 0.3) is 0 Å². The van der Waals surface area contributed by atoms with Gasteiger partial charge in [0, 0.05) is 11.0 Å². The molecule has 0 unspecified atom stereocenters. The Hall–Kier alpha value is -0.990. The number of carbonyl (C=O) groups is 1. The van der Waals surface area contributed by atoms with Gasteiger partial charge in [0.15, 0.2) is 0 Å². The van der Waals surface area contributed by atoms with Gasteiger partial charge < -0.3 is 4.74 Å². The number of halogens is 2. The largest absolute Gasteiger partial charge is 0.469 e. The summed E-state index contributed by atoms with van der Waals surface area (Å²) >= 11 is 3.03. The molecule has 0 aliphatic heterocycles. The van der Waals surface area contributed by atoms with Crippen LogP contribution in [0.2, 0.25) is 0 Å². The van der Waals surface area contributed by atoms with Gasteiger partial charge >= 0.3 is 5.97 Å². The summed E-state index contributed by atoms with van der Waals surface area (Å²) in [5, 5.41) is 0. The van der Waals surface area contributed by atoms with Gasteiger partial charge in [-0.05, 0) is 18.2 Å². The smallest absolute Gasteiger partial charge is 0.306 e. The van der Waals surface area contributed by atoms with Crippen LogP contribution in [-0.2, 0) is 19.6 Å². The van der Waals surface area contributed by atoms with E-state index in [1.54, 1.807) is 0 Å². The number of carbonyl (C=O) groups excluding carboxylic acids is 1. The first-order valence-corrected chi connectivity index (χ1v) is 7.16. The molecule has 0 fully saturated rings. The van der Waals surface area contributed by atoms with E-state index in [0.29, 0.717) is 4.47 Å². The van der Waals surface area contributed by atoms with E-state index in [9.17, 15) is 17.6 Å². The number of methoxy groups -OCH3 is 1. The molecule has 1 aromatic rings. The molecule has 0 aromatic heterocycles. The first kappa shape index (κ1) is 15.1. The second kappa shape index (κ2) is 6.26. The number of ether oxygens (including phenoxy) is 1. The molecule has 0 radical (unpaired) electrons. The first-order chi connectivity index (χ1) is 8.36. The van der Waals surface area contributed by atoms with E-state index in [0.717, 1.165) is 12.1 Å². The number of nitrogens with one attached hydrogen (secondary N) is 1. The monoisotopic (exact) mass is 339 g/mol. The fraction of sp³-hybridized carbons (Fsp3) is 0.300. The van der Waals surface area contributed by atoms with Gasteiger partial charge in [-0.25, -0.2) is 17.5 Å². The third-order valence-electron chi connectivity index (χ3n) is 2.03. The number of rotatable bonds is 5. The van der Waals surface area contributed by atoms with Crippen molar-refractivity contribution in [3.63, 3.8) is 0 Å². The molecule has 0 amide bonds. The summed E-state index contributed by atoms with van der Waals surface area (Å²) in [6.45, 7) is -0.148. The van der Waals surface area contributed by atoms with Crippen LogP contribution in [0.4, 0.5) is 4.39 Å². The Balaban J connectivity index is 2.77. The minimum atomic E-state index is -3.97. The van der Waals surface area contributed by atoms with E-state index in [1.807, 2.05) is 0 Å². The van der Waals surface area contributed by atoms with Gasteiger partial charge in [0.1, 0.15) is 10.7 Å². The lowest BCUT2D eigenvalue weighted by atomic mass is 10.3. The molecule has 0 aliphatic carbocycles. The number of hydrogen-bond donors (Lipinski definition) is 1. The highest BCUT2D eigenvalue weighted by Crippen LogP contribution is 2.19. The van der Waals surface area contributed by atoms with Crippen LogP contribution >= 0.6 is 15.9 Å². The minimum Gasteiger partial charge on any atom is -0.469 e. The van der Waals surface area contributed by atoms with Crippen LogP contribution in [-0.4, -0.2) is 28.0 Å². The van der Waals surface area contributed by atoms with Crippen LogP contribution in [0.25, 0.3) is 0 Å². The molecule has 1 aromatic carbocycles. The third-order valence-corrected chi connectivity index (χ3v) is 4.02. The summed E-state index contributed by atoms with van der Waals surface area (Å²) in [4.78, 5) is 10.3. The second-order valence-electron chi connectivity index (χ2n) is 3.30. The Morgan fingerprint density at radius 1 is 1.50 bits per heavy atom. The molecule has 100 valence electrons. The maximum atomic E-state index is 13.5. The summed E-state index contributed by atoms with van der Waals surface area (Å²) in [7, 11) is -2.77.